The fourth-order valence-corrected chi connectivity index (χ4v) is 2.96. The van der Waals surface area contributed by atoms with Gasteiger partial charge in [-0.1, -0.05) is 0 Å². The highest BCUT2D eigenvalue weighted by molar-refractivity contribution is 7.99. The molecular weight excluding hydrogens is 251 g/mol. The number of thioether (sulfide) groups is 1. The summed E-state index contributed by atoms with van der Waals surface area (Å²) >= 11 is 1.90. The third kappa shape index (κ3) is 3.04. The molecule has 0 bridgehead atoms. The zero-order valence-electron chi connectivity index (χ0n) is 10.8. The van der Waals surface area contributed by atoms with Crippen LogP contribution >= 0.6 is 11.8 Å². The summed E-state index contributed by atoms with van der Waals surface area (Å²) in [6, 6.07) is 0. The van der Waals surface area contributed by atoms with E-state index in [1.54, 1.807) is 7.05 Å². The van der Waals surface area contributed by atoms with Crippen molar-refractivity contribution in [3.63, 3.8) is 0 Å². The molecule has 0 aromatic carbocycles. The lowest BCUT2D eigenvalue weighted by atomic mass is 10.2. The summed E-state index contributed by atoms with van der Waals surface area (Å²) in [4.78, 5) is 10.1. The monoisotopic (exact) mass is 270 g/mol. The van der Waals surface area contributed by atoms with Crippen LogP contribution in [-0.4, -0.2) is 41.6 Å². The lowest BCUT2D eigenvalue weighted by Crippen LogP contribution is -2.27. The highest BCUT2D eigenvalue weighted by Crippen LogP contribution is 2.25. The van der Waals surface area contributed by atoms with E-state index in [0.717, 1.165) is 25.9 Å². The zero-order chi connectivity index (χ0) is 13.0. The number of hydrogen-bond acceptors (Lipinski definition) is 5. The number of aromatic nitrogens is 2. The number of rotatable bonds is 3. The van der Waals surface area contributed by atoms with Gasteiger partial charge in [0.15, 0.2) is 11.6 Å². The Kier molecular flexibility index (Phi) is 4.63. The Hall–Kier alpha value is -1.04. The third-order valence-corrected chi connectivity index (χ3v) is 4.40. The van der Waals surface area contributed by atoms with Crippen LogP contribution in [0.5, 0.6) is 0 Å². The maximum absolute atomic E-state index is 13.8. The lowest BCUT2D eigenvalue weighted by molar-refractivity contribution is 0.601. The van der Waals surface area contributed by atoms with Gasteiger partial charge in [0.1, 0.15) is 0 Å². The summed E-state index contributed by atoms with van der Waals surface area (Å²) in [5, 5.41) is 3.53. The molecule has 1 aliphatic heterocycles. The van der Waals surface area contributed by atoms with Gasteiger partial charge in [-0.3, -0.25) is 0 Å². The molecule has 1 N–H and O–H groups in total. The average Bonchev–Trinajstić information content (AvgIpc) is 2.64. The molecule has 0 radical (unpaired) electrons. The molecule has 100 valence electrons. The fourth-order valence-electron chi connectivity index (χ4n) is 2.21. The molecule has 18 heavy (non-hydrogen) atoms. The Balaban J connectivity index is 2.15. The van der Waals surface area contributed by atoms with Crippen LogP contribution in [0.1, 0.15) is 19.3 Å². The van der Waals surface area contributed by atoms with Crippen molar-refractivity contribution in [2.75, 3.05) is 36.6 Å². The van der Waals surface area contributed by atoms with Crippen molar-refractivity contribution >= 4 is 23.5 Å². The van der Waals surface area contributed by atoms with E-state index in [-0.39, 0.29) is 5.82 Å². The summed E-state index contributed by atoms with van der Waals surface area (Å²) in [6.45, 7) is 1.73. The second-order valence-electron chi connectivity index (χ2n) is 4.39. The Labute approximate surface area is 111 Å². The average molecular weight is 270 g/mol. The van der Waals surface area contributed by atoms with Gasteiger partial charge >= 0.3 is 0 Å². The van der Waals surface area contributed by atoms with Crippen LogP contribution in [0.2, 0.25) is 0 Å². The maximum atomic E-state index is 13.8. The Morgan fingerprint density at radius 2 is 2.28 bits per heavy atom. The van der Waals surface area contributed by atoms with E-state index in [9.17, 15) is 4.39 Å². The Morgan fingerprint density at radius 1 is 1.44 bits per heavy atom. The minimum atomic E-state index is -0.336. The lowest BCUT2D eigenvalue weighted by Gasteiger charge is -2.22. The van der Waals surface area contributed by atoms with Crippen LogP contribution in [-0.2, 0) is 0 Å². The summed E-state index contributed by atoms with van der Waals surface area (Å²) in [6.07, 6.45) is 6.75. The molecule has 1 unspecified atom stereocenters. The van der Waals surface area contributed by atoms with Crippen LogP contribution in [0.15, 0.2) is 6.20 Å². The van der Waals surface area contributed by atoms with Crippen LogP contribution in [0, 0.1) is 5.82 Å². The molecule has 1 fully saturated rings. The maximum Gasteiger partial charge on any atom is 0.224 e. The Bertz CT molecular complexity index is 402. The highest BCUT2D eigenvalue weighted by Gasteiger charge is 2.20. The molecule has 6 heteroatoms. The quantitative estimate of drug-likeness (QED) is 0.913. The second-order valence-corrected chi connectivity index (χ2v) is 5.53. The molecule has 0 saturated carbocycles. The predicted molar refractivity (Wildman–Crippen MR) is 74.9 cm³/mol. The van der Waals surface area contributed by atoms with Crippen LogP contribution in [0.3, 0.4) is 0 Å². The van der Waals surface area contributed by atoms with Gasteiger partial charge in [-0.05, 0) is 25.5 Å². The van der Waals surface area contributed by atoms with Crippen molar-refractivity contribution in [2.45, 2.75) is 24.5 Å². The van der Waals surface area contributed by atoms with Gasteiger partial charge in [0.05, 0.1) is 6.20 Å². The SMILES string of the molecule is CNc1ncc(F)c(N2CCCC(SC)CC2)n1. The van der Waals surface area contributed by atoms with Crippen molar-refractivity contribution in [3.05, 3.63) is 12.0 Å². The van der Waals surface area contributed by atoms with Crippen LogP contribution < -0.4 is 10.2 Å². The summed E-state index contributed by atoms with van der Waals surface area (Å²) < 4.78 is 13.8. The van der Waals surface area contributed by atoms with E-state index in [4.69, 9.17) is 0 Å². The fraction of sp³-hybridized carbons (Fsp3) is 0.667. The molecule has 1 atom stereocenters. The largest absolute Gasteiger partial charge is 0.357 e. The molecule has 0 amide bonds. The van der Waals surface area contributed by atoms with E-state index in [1.165, 1.54) is 12.6 Å². The number of halogens is 1. The normalized spacial score (nSPS) is 20.6. The highest BCUT2D eigenvalue weighted by atomic mass is 32.2. The molecule has 1 aromatic heterocycles. The standard InChI is InChI=1S/C12H19FN4S/c1-14-12-15-8-10(13)11(16-12)17-6-3-4-9(18-2)5-7-17/h8-9H,3-7H2,1-2H3,(H,14,15,16). The zero-order valence-corrected chi connectivity index (χ0v) is 11.6. The molecule has 2 rings (SSSR count). The first kappa shape index (κ1) is 13.4. The van der Waals surface area contributed by atoms with Crippen molar-refractivity contribution in [3.8, 4) is 0 Å². The first-order valence-electron chi connectivity index (χ1n) is 6.22. The molecule has 1 aliphatic rings. The molecule has 2 heterocycles. The second kappa shape index (κ2) is 6.22. The molecule has 0 aliphatic carbocycles. The summed E-state index contributed by atoms with van der Waals surface area (Å²) in [5.41, 5.74) is 0. The van der Waals surface area contributed by atoms with Gasteiger partial charge in [-0.15, -0.1) is 0 Å². The van der Waals surface area contributed by atoms with E-state index in [1.807, 2.05) is 16.7 Å². The number of hydrogen-bond donors (Lipinski definition) is 1. The Morgan fingerprint density at radius 3 is 3.00 bits per heavy atom. The van der Waals surface area contributed by atoms with E-state index in [0.29, 0.717) is 17.0 Å². The van der Waals surface area contributed by atoms with Crippen molar-refractivity contribution < 1.29 is 4.39 Å². The van der Waals surface area contributed by atoms with E-state index >= 15 is 0 Å². The minimum absolute atomic E-state index is 0.336. The summed E-state index contributed by atoms with van der Waals surface area (Å²) in [5.74, 6) is 0.560. The number of anilines is 2. The number of nitrogens with zero attached hydrogens (tertiary/aromatic N) is 3. The third-order valence-electron chi connectivity index (χ3n) is 3.26. The first-order valence-corrected chi connectivity index (χ1v) is 7.51. The topological polar surface area (TPSA) is 41.1 Å². The van der Waals surface area contributed by atoms with Crippen molar-refractivity contribution in [2.24, 2.45) is 0 Å². The van der Waals surface area contributed by atoms with E-state index in [2.05, 4.69) is 21.5 Å². The molecular formula is C12H19FN4S. The van der Waals surface area contributed by atoms with Crippen LogP contribution in [0.4, 0.5) is 16.2 Å². The van der Waals surface area contributed by atoms with Gasteiger partial charge in [-0.2, -0.15) is 16.7 Å². The van der Waals surface area contributed by atoms with Crippen molar-refractivity contribution in [1.29, 1.82) is 0 Å². The smallest absolute Gasteiger partial charge is 0.224 e. The van der Waals surface area contributed by atoms with E-state index < -0.39 is 0 Å². The summed E-state index contributed by atoms with van der Waals surface area (Å²) in [7, 11) is 1.74. The number of nitrogens with one attached hydrogen (secondary N) is 1. The molecule has 1 saturated heterocycles. The van der Waals surface area contributed by atoms with Crippen LogP contribution in [0.25, 0.3) is 0 Å². The minimum Gasteiger partial charge on any atom is -0.357 e. The van der Waals surface area contributed by atoms with Crippen molar-refractivity contribution in [1.82, 2.24) is 9.97 Å². The first-order chi connectivity index (χ1) is 8.74. The van der Waals surface area contributed by atoms with Gasteiger partial charge in [-0.25, -0.2) is 9.37 Å². The molecule has 0 spiro atoms. The van der Waals surface area contributed by atoms with Gasteiger partial charge in [0.25, 0.3) is 0 Å². The molecule has 1 aromatic rings. The van der Waals surface area contributed by atoms with Gasteiger partial charge in [0.2, 0.25) is 5.95 Å². The van der Waals surface area contributed by atoms with Gasteiger partial charge in [0, 0.05) is 25.4 Å². The molecule has 4 nitrogen and oxygen atoms in total. The van der Waals surface area contributed by atoms with Gasteiger partial charge < -0.3 is 10.2 Å². The predicted octanol–water partition coefficient (Wildman–Crippen LogP) is 2.38.